The van der Waals surface area contributed by atoms with Crippen LogP contribution >= 0.6 is 0 Å². The van der Waals surface area contributed by atoms with Crippen LogP contribution in [0.3, 0.4) is 0 Å². The summed E-state index contributed by atoms with van der Waals surface area (Å²) in [5, 5.41) is 7.62. The van der Waals surface area contributed by atoms with Gasteiger partial charge in [0.1, 0.15) is 0 Å². The van der Waals surface area contributed by atoms with Gasteiger partial charge in [-0.2, -0.15) is 0 Å². The molecule has 11 aromatic carbocycles. The predicted molar refractivity (Wildman–Crippen MR) is 291 cm³/mol. The molecule has 12 aromatic rings. The van der Waals surface area contributed by atoms with Crippen molar-refractivity contribution in [2.75, 3.05) is 4.90 Å². The molecule has 0 aliphatic carbocycles. The van der Waals surface area contributed by atoms with Crippen LogP contribution in [-0.2, 0) is 5.41 Å². The SMILES string of the molecule is CC(C)(C)c1ccc(-c2ccc(-c3ccc(N(c4ccc(-c5ccc(-c6cc7ccccc7c7ccccc67)cc5)cc4)c4ccc(-n5c6ccccc6c6ccccc65)cc4)cc3)cc2)cc1. The second kappa shape index (κ2) is 16.8. The van der Waals surface area contributed by atoms with Crippen molar-refractivity contribution in [1.82, 2.24) is 4.57 Å². The van der Waals surface area contributed by atoms with E-state index in [0.29, 0.717) is 0 Å². The van der Waals surface area contributed by atoms with Gasteiger partial charge in [0, 0.05) is 33.5 Å². The van der Waals surface area contributed by atoms with E-state index >= 15 is 0 Å². The summed E-state index contributed by atoms with van der Waals surface area (Å²) < 4.78 is 2.38. The fourth-order valence-corrected chi connectivity index (χ4v) is 10.2. The van der Waals surface area contributed by atoms with Gasteiger partial charge in [0.05, 0.1) is 11.0 Å². The highest BCUT2D eigenvalue weighted by Gasteiger charge is 2.17. The molecule has 0 aliphatic rings. The second-order valence-corrected chi connectivity index (χ2v) is 19.0. The van der Waals surface area contributed by atoms with Crippen LogP contribution in [0.25, 0.3) is 93.5 Å². The number of para-hydroxylation sites is 2. The zero-order chi connectivity index (χ0) is 45.8. The number of hydrogen-bond acceptors (Lipinski definition) is 1. The molecule has 1 aromatic heterocycles. The highest BCUT2D eigenvalue weighted by Crippen LogP contribution is 2.40. The lowest BCUT2D eigenvalue weighted by Crippen LogP contribution is -2.10. The van der Waals surface area contributed by atoms with Crippen molar-refractivity contribution in [3.05, 3.63) is 254 Å². The predicted octanol–water partition coefficient (Wildman–Crippen LogP) is 18.5. The lowest BCUT2D eigenvalue weighted by molar-refractivity contribution is 0.590. The average Bonchev–Trinajstić information content (AvgIpc) is 3.73. The molecule has 0 unspecified atom stereocenters. The number of aromatic nitrogens is 1. The number of anilines is 3. The van der Waals surface area contributed by atoms with Crippen LogP contribution in [0.1, 0.15) is 26.3 Å². The van der Waals surface area contributed by atoms with Crippen molar-refractivity contribution in [1.29, 1.82) is 0 Å². The fourth-order valence-electron chi connectivity index (χ4n) is 10.2. The van der Waals surface area contributed by atoms with E-state index in [9.17, 15) is 0 Å². The zero-order valence-electron chi connectivity index (χ0n) is 38.6. The van der Waals surface area contributed by atoms with Crippen molar-refractivity contribution in [2.45, 2.75) is 26.2 Å². The Morgan fingerprint density at radius 1 is 0.309 bits per heavy atom. The van der Waals surface area contributed by atoms with Crippen LogP contribution in [0.5, 0.6) is 0 Å². The Hall–Kier alpha value is -8.46. The molecule has 0 saturated heterocycles. The third kappa shape index (κ3) is 7.41. The Kier molecular flexibility index (Phi) is 10.1. The number of nitrogens with zero attached hydrogens (tertiary/aromatic N) is 2. The summed E-state index contributed by atoms with van der Waals surface area (Å²) in [6, 6.07) is 91.2. The van der Waals surface area contributed by atoms with E-state index in [4.69, 9.17) is 0 Å². The Bertz CT molecular complexity index is 3710. The molecule has 0 aliphatic heterocycles. The van der Waals surface area contributed by atoms with Crippen molar-refractivity contribution in [3.63, 3.8) is 0 Å². The molecule has 324 valence electrons. The van der Waals surface area contributed by atoms with Gasteiger partial charge in [-0.05, 0) is 144 Å². The third-order valence-corrected chi connectivity index (χ3v) is 13.8. The maximum Gasteiger partial charge on any atom is 0.0541 e. The molecule has 12 rings (SSSR count). The van der Waals surface area contributed by atoms with Gasteiger partial charge < -0.3 is 9.47 Å². The minimum absolute atomic E-state index is 0.133. The molecule has 0 bridgehead atoms. The van der Waals surface area contributed by atoms with Gasteiger partial charge in [-0.15, -0.1) is 0 Å². The normalized spacial score (nSPS) is 11.8. The van der Waals surface area contributed by atoms with Crippen molar-refractivity contribution >= 4 is 60.4 Å². The van der Waals surface area contributed by atoms with E-state index < -0.39 is 0 Å². The molecule has 2 heteroatoms. The highest BCUT2D eigenvalue weighted by atomic mass is 15.1. The van der Waals surface area contributed by atoms with E-state index in [1.54, 1.807) is 0 Å². The van der Waals surface area contributed by atoms with Gasteiger partial charge in [0.25, 0.3) is 0 Å². The lowest BCUT2D eigenvalue weighted by Gasteiger charge is -2.26. The van der Waals surface area contributed by atoms with Crippen LogP contribution < -0.4 is 4.90 Å². The van der Waals surface area contributed by atoms with E-state index in [0.717, 1.165) is 22.7 Å². The summed E-state index contributed by atoms with van der Waals surface area (Å²) in [6.45, 7) is 6.78. The van der Waals surface area contributed by atoms with Gasteiger partial charge in [0.15, 0.2) is 0 Å². The molecule has 0 spiro atoms. The largest absolute Gasteiger partial charge is 0.311 e. The Morgan fingerprint density at radius 3 is 1.13 bits per heavy atom. The van der Waals surface area contributed by atoms with Gasteiger partial charge >= 0.3 is 0 Å². The number of rotatable bonds is 8. The molecular formula is C66H50N2. The summed E-state index contributed by atoms with van der Waals surface area (Å²) in [4.78, 5) is 2.36. The number of fused-ring (bicyclic) bond motifs is 6. The molecular weight excluding hydrogens is 821 g/mol. The van der Waals surface area contributed by atoms with Gasteiger partial charge in [-0.3, -0.25) is 0 Å². The average molecular weight is 871 g/mol. The molecule has 2 nitrogen and oxygen atoms in total. The quantitative estimate of drug-likeness (QED) is 0.138. The molecule has 68 heavy (non-hydrogen) atoms. The fraction of sp³-hybridized carbons (Fsp3) is 0.0606. The first-order valence-corrected chi connectivity index (χ1v) is 23.7. The van der Waals surface area contributed by atoms with Crippen molar-refractivity contribution in [2.24, 2.45) is 0 Å². The van der Waals surface area contributed by atoms with Crippen LogP contribution in [0.15, 0.2) is 249 Å². The summed E-state index contributed by atoms with van der Waals surface area (Å²) in [5.41, 5.74) is 17.9. The summed E-state index contributed by atoms with van der Waals surface area (Å²) in [5.74, 6) is 0. The number of hydrogen-bond donors (Lipinski definition) is 0. The molecule has 0 N–H and O–H groups in total. The molecule has 0 saturated carbocycles. The van der Waals surface area contributed by atoms with Gasteiger partial charge in [-0.25, -0.2) is 0 Å². The Balaban J connectivity index is 0.877. The topological polar surface area (TPSA) is 8.17 Å². The van der Waals surface area contributed by atoms with Gasteiger partial charge in [-0.1, -0.05) is 203 Å². The molecule has 0 atom stereocenters. The molecule has 1 heterocycles. The standard InChI is InChI=1S/C66H50N2/c1-66(2,3)53-34-28-48(29-35-53)45-20-22-46(23-21-45)49-30-36-54(37-31-49)67(56-40-42-57(43-41-56)68-64-18-10-8-16-61(64)62-17-9-11-19-65(62)68)55-38-32-50(33-39-55)47-24-26-51(27-25-47)63-44-52-12-4-5-13-58(52)59-14-6-7-15-60(59)63/h4-44H,1-3H3. The Morgan fingerprint density at radius 2 is 0.662 bits per heavy atom. The van der Waals surface area contributed by atoms with Crippen LogP contribution in [0.2, 0.25) is 0 Å². The number of benzene rings is 11. The minimum atomic E-state index is 0.133. The molecule has 0 radical (unpaired) electrons. The van der Waals surface area contributed by atoms with Crippen LogP contribution in [-0.4, -0.2) is 4.57 Å². The van der Waals surface area contributed by atoms with Gasteiger partial charge in [0.2, 0.25) is 0 Å². The van der Waals surface area contributed by atoms with Crippen LogP contribution in [0.4, 0.5) is 17.1 Å². The first kappa shape index (κ1) is 41.0. The Labute approximate surface area is 398 Å². The van der Waals surface area contributed by atoms with E-state index in [1.807, 2.05) is 0 Å². The lowest BCUT2D eigenvalue weighted by atomic mass is 9.86. The van der Waals surface area contributed by atoms with E-state index in [1.165, 1.54) is 93.4 Å². The monoisotopic (exact) mass is 870 g/mol. The maximum atomic E-state index is 2.38. The highest BCUT2D eigenvalue weighted by molar-refractivity contribution is 6.14. The minimum Gasteiger partial charge on any atom is -0.311 e. The van der Waals surface area contributed by atoms with Crippen molar-refractivity contribution < 1.29 is 0 Å². The molecule has 0 fully saturated rings. The third-order valence-electron chi connectivity index (χ3n) is 13.8. The summed E-state index contributed by atoms with van der Waals surface area (Å²) in [6.07, 6.45) is 0. The summed E-state index contributed by atoms with van der Waals surface area (Å²) in [7, 11) is 0. The van der Waals surface area contributed by atoms with E-state index in [-0.39, 0.29) is 5.41 Å². The zero-order valence-corrected chi connectivity index (χ0v) is 38.6. The van der Waals surface area contributed by atoms with Crippen LogP contribution in [0, 0.1) is 0 Å². The van der Waals surface area contributed by atoms with Crippen molar-refractivity contribution in [3.8, 4) is 50.2 Å². The second-order valence-electron chi connectivity index (χ2n) is 19.0. The maximum absolute atomic E-state index is 2.38. The first-order chi connectivity index (χ1) is 33.3. The molecule has 0 amide bonds. The summed E-state index contributed by atoms with van der Waals surface area (Å²) >= 11 is 0. The smallest absolute Gasteiger partial charge is 0.0541 e. The first-order valence-electron chi connectivity index (χ1n) is 23.7. The van der Waals surface area contributed by atoms with E-state index in [2.05, 4.69) is 279 Å².